The smallest absolute Gasteiger partial charge is 0.363 e. The van der Waals surface area contributed by atoms with Crippen LogP contribution in [0.15, 0.2) is 47.1 Å². The van der Waals surface area contributed by atoms with Crippen molar-refractivity contribution in [1.82, 2.24) is 0 Å². The Balaban J connectivity index is 1.89. The molecule has 1 aliphatic heterocycles. The third-order valence-electron chi connectivity index (χ3n) is 3.93. The largest absolute Gasteiger partial charge is 0.489 e. The van der Waals surface area contributed by atoms with Crippen molar-refractivity contribution in [2.45, 2.75) is 26.4 Å². The number of esters is 1. The number of hydrogen-bond acceptors (Lipinski definition) is 4. The van der Waals surface area contributed by atoms with Crippen LogP contribution in [0.4, 0.5) is 0 Å². The molecule has 1 aliphatic rings. The van der Waals surface area contributed by atoms with E-state index in [-0.39, 0.29) is 6.10 Å². The summed E-state index contributed by atoms with van der Waals surface area (Å²) in [5.74, 6) is 0.780. The summed E-state index contributed by atoms with van der Waals surface area (Å²) in [4.78, 5) is 16.6. The summed E-state index contributed by atoms with van der Waals surface area (Å²) in [6.07, 6.45) is 2.85. The van der Waals surface area contributed by atoms with E-state index in [4.69, 9.17) is 9.47 Å². The van der Waals surface area contributed by atoms with Crippen LogP contribution in [0.3, 0.4) is 0 Å². The van der Waals surface area contributed by atoms with E-state index in [1.165, 1.54) is 0 Å². The van der Waals surface area contributed by atoms with Gasteiger partial charge in [-0.25, -0.2) is 9.79 Å². The molecule has 7 heteroatoms. The van der Waals surface area contributed by atoms with Crippen LogP contribution >= 0.6 is 67.8 Å². The first-order valence-electron chi connectivity index (χ1n) is 8.31. The summed E-state index contributed by atoms with van der Waals surface area (Å²) in [5, 5.41) is 0. The number of carbonyl (C=O) groups excluding carboxylic acids is 1. The molecule has 0 saturated heterocycles. The average Bonchev–Trinajstić information content (AvgIpc) is 2.99. The van der Waals surface area contributed by atoms with E-state index < -0.39 is 5.97 Å². The summed E-state index contributed by atoms with van der Waals surface area (Å²) in [6, 6.07) is 11.7. The third-order valence-corrected chi connectivity index (χ3v) is 6.25. The van der Waals surface area contributed by atoms with E-state index in [2.05, 4.69) is 86.6 Å². The molecule has 3 rings (SSSR count). The van der Waals surface area contributed by atoms with Crippen molar-refractivity contribution in [2.75, 3.05) is 0 Å². The Kier molecular flexibility index (Phi) is 7.17. The van der Waals surface area contributed by atoms with Crippen molar-refractivity contribution in [2.24, 2.45) is 4.99 Å². The summed E-state index contributed by atoms with van der Waals surface area (Å²) >= 11 is 6.75. The lowest BCUT2D eigenvalue weighted by molar-refractivity contribution is -0.129. The maximum atomic E-state index is 12.2. The van der Waals surface area contributed by atoms with Gasteiger partial charge in [-0.05, 0) is 129 Å². The third kappa shape index (κ3) is 5.22. The highest BCUT2D eigenvalue weighted by Crippen LogP contribution is 2.31. The molecule has 0 radical (unpaired) electrons. The fraction of sp³-hybridized carbons (Fsp3) is 0.200. The van der Waals surface area contributed by atoms with Crippen molar-refractivity contribution >= 4 is 85.7 Å². The van der Waals surface area contributed by atoms with Crippen LogP contribution in [0.5, 0.6) is 5.75 Å². The van der Waals surface area contributed by atoms with Crippen molar-refractivity contribution in [3.63, 3.8) is 0 Å². The van der Waals surface area contributed by atoms with Gasteiger partial charge in [0.25, 0.3) is 0 Å². The number of nitrogens with zero attached hydrogens (tertiary/aromatic N) is 1. The predicted molar refractivity (Wildman–Crippen MR) is 132 cm³/mol. The molecule has 0 aromatic heterocycles. The minimum absolute atomic E-state index is 0.155. The quantitative estimate of drug-likeness (QED) is 0.218. The molecule has 1 heterocycles. The van der Waals surface area contributed by atoms with Crippen LogP contribution in [0, 0.1) is 10.7 Å². The Morgan fingerprint density at radius 3 is 2.37 bits per heavy atom. The highest BCUT2D eigenvalue weighted by atomic mass is 127. The zero-order valence-electron chi connectivity index (χ0n) is 14.6. The molecular weight excluding hydrogens is 683 g/mol. The first kappa shape index (κ1) is 21.0. The average molecular weight is 699 g/mol. The molecule has 1 unspecified atom stereocenters. The Morgan fingerprint density at radius 2 is 1.78 bits per heavy atom. The molecule has 0 amide bonds. The second-order valence-electron chi connectivity index (χ2n) is 5.99. The van der Waals surface area contributed by atoms with Gasteiger partial charge in [-0.2, -0.15) is 0 Å². The second kappa shape index (κ2) is 9.21. The van der Waals surface area contributed by atoms with Crippen molar-refractivity contribution < 1.29 is 14.3 Å². The number of ether oxygens (including phenoxy) is 2. The molecule has 0 saturated carbocycles. The zero-order valence-corrected chi connectivity index (χ0v) is 21.1. The van der Waals surface area contributed by atoms with Crippen molar-refractivity contribution in [3.05, 3.63) is 63.9 Å². The number of benzene rings is 2. The lowest BCUT2D eigenvalue weighted by atomic mass is 10.2. The van der Waals surface area contributed by atoms with Gasteiger partial charge < -0.3 is 9.47 Å². The number of cyclic esters (lactones) is 1. The van der Waals surface area contributed by atoms with Crippen molar-refractivity contribution in [3.8, 4) is 5.75 Å². The molecule has 0 aliphatic carbocycles. The topological polar surface area (TPSA) is 47.9 Å². The first-order chi connectivity index (χ1) is 12.9. The molecule has 4 nitrogen and oxygen atoms in total. The van der Waals surface area contributed by atoms with Gasteiger partial charge in [0.15, 0.2) is 5.70 Å². The van der Waals surface area contributed by atoms with Gasteiger partial charge in [0.2, 0.25) is 5.90 Å². The molecule has 0 N–H and O–H groups in total. The van der Waals surface area contributed by atoms with Gasteiger partial charge in [-0.1, -0.05) is 6.92 Å². The maximum Gasteiger partial charge on any atom is 0.363 e. The highest BCUT2D eigenvalue weighted by Gasteiger charge is 2.24. The normalized spacial score (nSPS) is 16.3. The summed E-state index contributed by atoms with van der Waals surface area (Å²) < 4.78 is 14.4. The molecule has 0 spiro atoms. The van der Waals surface area contributed by atoms with E-state index in [0.29, 0.717) is 11.6 Å². The van der Waals surface area contributed by atoms with Crippen LogP contribution in [-0.4, -0.2) is 18.0 Å². The highest BCUT2D eigenvalue weighted by molar-refractivity contribution is 14.1. The van der Waals surface area contributed by atoms with E-state index >= 15 is 0 Å². The van der Waals surface area contributed by atoms with Crippen LogP contribution in [-0.2, 0) is 9.53 Å². The van der Waals surface area contributed by atoms with Crippen LogP contribution in [0.25, 0.3) is 6.08 Å². The molecule has 27 heavy (non-hydrogen) atoms. The molecule has 2 aromatic rings. The number of hydrogen-bond donors (Lipinski definition) is 0. The lowest BCUT2D eigenvalue weighted by Gasteiger charge is -2.16. The van der Waals surface area contributed by atoms with Gasteiger partial charge in [0, 0.05) is 9.13 Å². The van der Waals surface area contributed by atoms with Crippen LogP contribution in [0.2, 0.25) is 0 Å². The molecule has 0 bridgehead atoms. The van der Waals surface area contributed by atoms with E-state index in [1.54, 1.807) is 6.08 Å². The standard InChI is InChI=1S/C20H16I3NO3/c1-3-11(2)26-18-15(22)8-12(9-16(18)23)10-17-20(25)27-19(24-17)13-4-6-14(21)7-5-13/h4-11H,3H2,1-2H3/b17-10-. The maximum absolute atomic E-state index is 12.2. The van der Waals surface area contributed by atoms with Gasteiger partial charge in [-0.3, -0.25) is 0 Å². The second-order valence-corrected chi connectivity index (χ2v) is 9.56. The number of halogens is 3. The zero-order chi connectivity index (χ0) is 19.6. The predicted octanol–water partition coefficient (Wildman–Crippen LogP) is 6.02. The Morgan fingerprint density at radius 1 is 1.15 bits per heavy atom. The van der Waals surface area contributed by atoms with Gasteiger partial charge in [0.1, 0.15) is 5.75 Å². The van der Waals surface area contributed by atoms with Gasteiger partial charge in [-0.15, -0.1) is 0 Å². The fourth-order valence-electron chi connectivity index (χ4n) is 2.34. The number of carbonyl (C=O) groups is 1. The summed E-state index contributed by atoms with van der Waals surface area (Å²) in [7, 11) is 0. The summed E-state index contributed by atoms with van der Waals surface area (Å²) in [6.45, 7) is 4.15. The van der Waals surface area contributed by atoms with E-state index in [0.717, 1.165) is 34.0 Å². The molecule has 2 aromatic carbocycles. The Bertz CT molecular complexity index is 913. The lowest BCUT2D eigenvalue weighted by Crippen LogP contribution is -2.11. The monoisotopic (exact) mass is 699 g/mol. The number of aliphatic imine (C=N–C) groups is 1. The van der Waals surface area contributed by atoms with Gasteiger partial charge in [0.05, 0.1) is 13.2 Å². The first-order valence-corrected chi connectivity index (χ1v) is 11.5. The summed E-state index contributed by atoms with van der Waals surface area (Å²) in [5.41, 5.74) is 1.97. The minimum atomic E-state index is -0.437. The Hall–Kier alpha value is -0.690. The number of rotatable bonds is 5. The minimum Gasteiger partial charge on any atom is -0.489 e. The SMILES string of the molecule is CCC(C)Oc1c(I)cc(/C=C2\N=C(c3ccc(I)cc3)OC2=O)cc1I. The molecule has 140 valence electrons. The van der Waals surface area contributed by atoms with Gasteiger partial charge >= 0.3 is 5.97 Å². The van der Waals surface area contributed by atoms with E-state index in [9.17, 15) is 4.79 Å². The van der Waals surface area contributed by atoms with E-state index in [1.807, 2.05) is 36.4 Å². The molecule has 1 atom stereocenters. The fourth-order valence-corrected chi connectivity index (χ4v) is 4.77. The Labute approximate surface area is 199 Å². The molecular formula is C20H16I3NO3. The van der Waals surface area contributed by atoms with Crippen LogP contribution < -0.4 is 4.74 Å². The van der Waals surface area contributed by atoms with Crippen LogP contribution in [0.1, 0.15) is 31.4 Å². The molecule has 0 fully saturated rings. The van der Waals surface area contributed by atoms with Crippen molar-refractivity contribution in [1.29, 1.82) is 0 Å².